The first-order chi connectivity index (χ1) is 12.9. The normalized spacial score (nSPS) is 13.2. The van der Waals surface area contributed by atoms with Crippen LogP contribution < -0.4 is 19.9 Å². The zero-order valence-corrected chi connectivity index (χ0v) is 15.6. The first-order valence-corrected chi connectivity index (χ1v) is 9.83. The summed E-state index contributed by atoms with van der Waals surface area (Å²) in [6, 6.07) is 11.7. The number of nitrogens with two attached hydrogens (primary N) is 1. The molecule has 3 N–H and O–H groups in total. The summed E-state index contributed by atoms with van der Waals surface area (Å²) in [6.07, 6.45) is 2.35. The molecule has 0 fully saturated rings. The highest BCUT2D eigenvalue weighted by Gasteiger charge is 2.17. The van der Waals surface area contributed by atoms with Gasteiger partial charge in [0.05, 0.1) is 17.6 Å². The molecule has 0 aromatic heterocycles. The van der Waals surface area contributed by atoms with Crippen LogP contribution in [0.25, 0.3) is 6.08 Å². The van der Waals surface area contributed by atoms with Crippen LogP contribution in [0.4, 0.5) is 0 Å². The van der Waals surface area contributed by atoms with Gasteiger partial charge in [0, 0.05) is 12.1 Å². The maximum atomic E-state index is 12.4. The van der Waals surface area contributed by atoms with Crippen molar-refractivity contribution in [2.45, 2.75) is 11.3 Å². The number of hydrogen-bond donors (Lipinski definition) is 2. The van der Waals surface area contributed by atoms with E-state index in [-0.39, 0.29) is 17.4 Å². The number of benzene rings is 2. The summed E-state index contributed by atoms with van der Waals surface area (Å²) < 4.78 is 33.3. The number of methoxy groups -OCH3 is 1. The Bertz CT molecular complexity index is 982. The molecular weight excluding hydrogens is 368 g/mol. The number of fused-ring (bicyclic) bond motifs is 1. The lowest BCUT2D eigenvalue weighted by Crippen LogP contribution is -2.30. The van der Waals surface area contributed by atoms with Crippen LogP contribution in [-0.4, -0.2) is 34.6 Å². The molecule has 27 heavy (non-hydrogen) atoms. The Morgan fingerprint density at radius 3 is 2.63 bits per heavy atom. The van der Waals surface area contributed by atoms with Crippen LogP contribution in [0.3, 0.4) is 0 Å². The fourth-order valence-electron chi connectivity index (χ4n) is 2.69. The van der Waals surface area contributed by atoms with Crippen molar-refractivity contribution in [3.05, 3.63) is 59.2 Å². The van der Waals surface area contributed by atoms with Crippen LogP contribution in [0, 0.1) is 0 Å². The van der Waals surface area contributed by atoms with E-state index in [1.807, 2.05) is 12.1 Å². The third kappa shape index (κ3) is 4.66. The van der Waals surface area contributed by atoms with E-state index in [0.717, 1.165) is 11.1 Å². The van der Waals surface area contributed by atoms with Crippen molar-refractivity contribution in [2.24, 2.45) is 5.14 Å². The molecule has 1 aliphatic rings. The minimum atomic E-state index is -3.70. The maximum absolute atomic E-state index is 12.4. The Labute approximate surface area is 157 Å². The summed E-state index contributed by atoms with van der Waals surface area (Å²) >= 11 is 0. The highest BCUT2D eigenvalue weighted by Crippen LogP contribution is 2.29. The smallest absolute Gasteiger partial charge is 0.250 e. The Kier molecular flexibility index (Phi) is 5.48. The molecular formula is C19H20N2O5S. The predicted molar refractivity (Wildman–Crippen MR) is 101 cm³/mol. The number of carbonyl (C=O) groups is 1. The number of amides is 1. The lowest BCUT2D eigenvalue weighted by molar-refractivity contribution is -0.117. The Balaban J connectivity index is 1.59. The van der Waals surface area contributed by atoms with Crippen molar-refractivity contribution in [1.29, 1.82) is 0 Å². The fourth-order valence-corrected chi connectivity index (χ4v) is 3.21. The van der Waals surface area contributed by atoms with Crippen LogP contribution in [0.15, 0.2) is 52.9 Å². The van der Waals surface area contributed by atoms with Gasteiger partial charge in [-0.05, 0) is 48.4 Å². The monoisotopic (exact) mass is 388 g/mol. The van der Waals surface area contributed by atoms with Gasteiger partial charge < -0.3 is 14.8 Å². The molecule has 0 aliphatic carbocycles. The summed E-state index contributed by atoms with van der Waals surface area (Å²) in [5.41, 5.74) is 2.22. The fraction of sp³-hybridized carbons (Fsp3) is 0.211. The van der Waals surface area contributed by atoms with Gasteiger partial charge in [0.2, 0.25) is 10.0 Å². The van der Waals surface area contributed by atoms with E-state index in [1.165, 1.54) is 12.1 Å². The van der Waals surface area contributed by atoms with Crippen molar-refractivity contribution < 1.29 is 22.7 Å². The lowest BCUT2D eigenvalue weighted by atomic mass is 10.1. The van der Waals surface area contributed by atoms with Gasteiger partial charge in [-0.2, -0.15) is 0 Å². The van der Waals surface area contributed by atoms with Gasteiger partial charge in [-0.25, -0.2) is 13.6 Å². The average Bonchev–Trinajstić information content (AvgIpc) is 2.66. The largest absolute Gasteiger partial charge is 0.497 e. The average molecular weight is 388 g/mol. The molecule has 0 unspecified atom stereocenters. The lowest BCUT2D eigenvalue weighted by Gasteiger charge is -2.18. The Hall–Kier alpha value is -2.84. The van der Waals surface area contributed by atoms with E-state index in [1.54, 1.807) is 31.4 Å². The minimum absolute atomic E-state index is 0.0638. The van der Waals surface area contributed by atoms with Crippen LogP contribution >= 0.6 is 0 Å². The molecule has 7 nitrogen and oxygen atoms in total. The van der Waals surface area contributed by atoms with Gasteiger partial charge in [-0.3, -0.25) is 4.79 Å². The second kappa shape index (κ2) is 7.81. The van der Waals surface area contributed by atoms with E-state index in [4.69, 9.17) is 14.6 Å². The maximum Gasteiger partial charge on any atom is 0.250 e. The molecule has 1 aliphatic heterocycles. The zero-order valence-electron chi connectivity index (χ0n) is 14.8. The van der Waals surface area contributed by atoms with Gasteiger partial charge in [0.15, 0.2) is 0 Å². The number of sulfonamides is 1. The van der Waals surface area contributed by atoms with E-state index < -0.39 is 10.0 Å². The molecule has 1 amide bonds. The summed E-state index contributed by atoms with van der Waals surface area (Å²) in [4.78, 5) is 12.4. The number of primary sulfonamides is 1. The molecule has 0 saturated carbocycles. The molecule has 0 radical (unpaired) electrons. The highest BCUT2D eigenvalue weighted by molar-refractivity contribution is 7.89. The molecule has 2 aromatic rings. The molecule has 0 atom stereocenters. The quantitative estimate of drug-likeness (QED) is 0.779. The van der Waals surface area contributed by atoms with Gasteiger partial charge in [0.25, 0.3) is 5.91 Å². The molecule has 3 rings (SSSR count). The topological polar surface area (TPSA) is 108 Å². The standard InChI is InChI=1S/C19H20N2O5S/c1-25-16-4-7-18-14(11-16)10-15(12-26-18)19(22)21-9-8-13-2-5-17(6-3-13)27(20,23)24/h2-7,10-11H,8-9,12H2,1H3,(H,21,22)(H2,20,23,24). The number of rotatable bonds is 6. The molecule has 8 heteroatoms. The molecule has 2 aromatic carbocycles. The van der Waals surface area contributed by atoms with Crippen LogP contribution in [0.2, 0.25) is 0 Å². The highest BCUT2D eigenvalue weighted by atomic mass is 32.2. The number of carbonyl (C=O) groups excluding carboxylic acids is 1. The molecule has 0 spiro atoms. The zero-order chi connectivity index (χ0) is 19.4. The van der Waals surface area contributed by atoms with Crippen molar-refractivity contribution in [3.8, 4) is 11.5 Å². The molecule has 142 valence electrons. The van der Waals surface area contributed by atoms with Crippen LogP contribution in [0.1, 0.15) is 11.1 Å². The van der Waals surface area contributed by atoms with Crippen molar-refractivity contribution in [1.82, 2.24) is 5.32 Å². The van der Waals surface area contributed by atoms with Crippen molar-refractivity contribution in [3.63, 3.8) is 0 Å². The van der Waals surface area contributed by atoms with Crippen molar-refractivity contribution in [2.75, 3.05) is 20.3 Å². The summed E-state index contributed by atoms with van der Waals surface area (Å²) in [7, 11) is -2.12. The second-order valence-electron chi connectivity index (χ2n) is 6.06. The SMILES string of the molecule is COc1ccc2c(c1)C=C(C(=O)NCCc1ccc(S(N)(=O)=O)cc1)CO2. The van der Waals surface area contributed by atoms with E-state index >= 15 is 0 Å². The van der Waals surface area contributed by atoms with Gasteiger partial charge in [-0.1, -0.05) is 12.1 Å². The van der Waals surface area contributed by atoms with E-state index in [2.05, 4.69) is 5.32 Å². The van der Waals surface area contributed by atoms with Crippen LogP contribution in [0.5, 0.6) is 11.5 Å². The van der Waals surface area contributed by atoms with Gasteiger partial charge in [0.1, 0.15) is 18.1 Å². The van der Waals surface area contributed by atoms with Gasteiger partial charge in [-0.15, -0.1) is 0 Å². The van der Waals surface area contributed by atoms with E-state index in [9.17, 15) is 13.2 Å². The second-order valence-corrected chi connectivity index (χ2v) is 7.62. The van der Waals surface area contributed by atoms with E-state index in [0.29, 0.717) is 30.0 Å². The molecule has 1 heterocycles. The summed E-state index contributed by atoms with van der Waals surface area (Å²) in [5, 5.41) is 7.91. The third-order valence-electron chi connectivity index (χ3n) is 4.17. The number of ether oxygens (including phenoxy) is 2. The third-order valence-corrected chi connectivity index (χ3v) is 5.10. The van der Waals surface area contributed by atoms with Crippen molar-refractivity contribution >= 4 is 22.0 Å². The first-order valence-electron chi connectivity index (χ1n) is 8.28. The van der Waals surface area contributed by atoms with Crippen LogP contribution in [-0.2, 0) is 21.2 Å². The Morgan fingerprint density at radius 2 is 1.96 bits per heavy atom. The Morgan fingerprint density at radius 1 is 1.22 bits per heavy atom. The number of hydrogen-bond acceptors (Lipinski definition) is 5. The minimum Gasteiger partial charge on any atom is -0.497 e. The number of nitrogens with one attached hydrogen (secondary N) is 1. The molecule has 0 bridgehead atoms. The summed E-state index contributed by atoms with van der Waals surface area (Å²) in [6.45, 7) is 0.615. The molecule has 0 saturated heterocycles. The summed E-state index contributed by atoms with van der Waals surface area (Å²) in [5.74, 6) is 1.20. The van der Waals surface area contributed by atoms with Gasteiger partial charge >= 0.3 is 0 Å². The first kappa shape index (κ1) is 18.9. The predicted octanol–water partition coefficient (Wildman–Crippen LogP) is 1.48.